The Morgan fingerprint density at radius 2 is 1.70 bits per heavy atom. The number of ketones is 1. The zero-order valence-electron chi connectivity index (χ0n) is 12.2. The van der Waals surface area contributed by atoms with E-state index in [4.69, 9.17) is 0 Å². The number of carbonyl (C=O) groups is 1. The lowest BCUT2D eigenvalue weighted by atomic mass is 10.0. The van der Waals surface area contributed by atoms with Crippen LogP contribution in [0.15, 0.2) is 72.8 Å². The van der Waals surface area contributed by atoms with E-state index in [0.717, 1.165) is 10.8 Å². The first kappa shape index (κ1) is 14.7. The molecule has 0 aromatic heterocycles. The minimum atomic E-state index is -0.456. The van der Waals surface area contributed by atoms with Crippen LogP contribution < -0.4 is 0 Å². The third-order valence-electron chi connectivity index (χ3n) is 3.54. The van der Waals surface area contributed by atoms with Gasteiger partial charge in [-0.2, -0.15) is 0 Å². The Labute approximate surface area is 132 Å². The van der Waals surface area contributed by atoms with Crippen LogP contribution in [0.3, 0.4) is 0 Å². The highest BCUT2D eigenvalue weighted by Gasteiger charge is 2.05. The smallest absolute Gasteiger partial charge is 0.270 e. The summed E-state index contributed by atoms with van der Waals surface area (Å²) in [5, 5.41) is 12.8. The molecule has 4 heteroatoms. The van der Waals surface area contributed by atoms with Crippen molar-refractivity contribution in [1.82, 2.24) is 0 Å². The van der Waals surface area contributed by atoms with Crippen molar-refractivity contribution in [3.63, 3.8) is 0 Å². The zero-order valence-corrected chi connectivity index (χ0v) is 12.2. The summed E-state index contributed by atoms with van der Waals surface area (Å²) < 4.78 is 0. The largest absolute Gasteiger partial charge is 0.289 e. The van der Waals surface area contributed by atoms with Crippen LogP contribution >= 0.6 is 0 Å². The number of hydrogen-bond acceptors (Lipinski definition) is 3. The maximum Gasteiger partial charge on any atom is 0.270 e. The van der Waals surface area contributed by atoms with Crippen molar-refractivity contribution < 1.29 is 9.72 Å². The maximum atomic E-state index is 12.3. The highest BCUT2D eigenvalue weighted by atomic mass is 16.6. The number of hydrogen-bond donors (Lipinski definition) is 0. The molecule has 23 heavy (non-hydrogen) atoms. The first-order valence-electron chi connectivity index (χ1n) is 7.09. The van der Waals surface area contributed by atoms with Crippen molar-refractivity contribution in [3.05, 3.63) is 94.0 Å². The van der Waals surface area contributed by atoms with Gasteiger partial charge in [0, 0.05) is 17.7 Å². The second-order valence-electron chi connectivity index (χ2n) is 5.11. The van der Waals surface area contributed by atoms with Crippen LogP contribution in [0.1, 0.15) is 15.9 Å². The number of nitro benzene ring substituents is 1. The quantitative estimate of drug-likeness (QED) is 0.305. The van der Waals surface area contributed by atoms with E-state index >= 15 is 0 Å². The molecular weight excluding hydrogens is 290 g/mol. The van der Waals surface area contributed by atoms with E-state index in [2.05, 4.69) is 0 Å². The second kappa shape index (κ2) is 6.23. The highest BCUT2D eigenvalue weighted by Crippen LogP contribution is 2.17. The van der Waals surface area contributed by atoms with Gasteiger partial charge in [0.25, 0.3) is 5.69 Å². The number of allylic oxidation sites excluding steroid dienone is 1. The monoisotopic (exact) mass is 303 g/mol. The third kappa shape index (κ3) is 3.32. The summed E-state index contributed by atoms with van der Waals surface area (Å²) >= 11 is 0. The van der Waals surface area contributed by atoms with Gasteiger partial charge < -0.3 is 0 Å². The van der Waals surface area contributed by atoms with Crippen molar-refractivity contribution in [2.75, 3.05) is 0 Å². The van der Waals surface area contributed by atoms with Crippen LogP contribution in [-0.2, 0) is 0 Å². The molecule has 0 N–H and O–H groups in total. The molecule has 0 saturated carbocycles. The van der Waals surface area contributed by atoms with Crippen molar-refractivity contribution in [1.29, 1.82) is 0 Å². The molecule has 0 aliphatic carbocycles. The summed E-state index contributed by atoms with van der Waals surface area (Å²) in [7, 11) is 0. The Bertz CT molecular complexity index is 929. The van der Waals surface area contributed by atoms with Crippen molar-refractivity contribution in [2.24, 2.45) is 0 Å². The maximum absolute atomic E-state index is 12.3. The molecule has 0 spiro atoms. The molecule has 0 unspecified atom stereocenters. The fraction of sp³-hybridized carbons (Fsp3) is 0. The number of nitrogens with zero attached hydrogens (tertiary/aromatic N) is 1. The van der Waals surface area contributed by atoms with Gasteiger partial charge in [0.15, 0.2) is 5.78 Å². The molecule has 4 nitrogen and oxygen atoms in total. The fourth-order valence-corrected chi connectivity index (χ4v) is 2.35. The highest BCUT2D eigenvalue weighted by molar-refractivity contribution is 6.08. The van der Waals surface area contributed by atoms with Crippen LogP contribution in [0.25, 0.3) is 16.8 Å². The average molecular weight is 303 g/mol. The van der Waals surface area contributed by atoms with Gasteiger partial charge >= 0.3 is 0 Å². The predicted molar refractivity (Wildman–Crippen MR) is 90.4 cm³/mol. The lowest BCUT2D eigenvalue weighted by molar-refractivity contribution is -0.384. The zero-order chi connectivity index (χ0) is 16.2. The molecule has 0 aliphatic rings. The van der Waals surface area contributed by atoms with Crippen molar-refractivity contribution >= 4 is 28.3 Å². The van der Waals surface area contributed by atoms with Gasteiger partial charge in [-0.15, -0.1) is 0 Å². The van der Waals surface area contributed by atoms with Gasteiger partial charge in [0.1, 0.15) is 0 Å². The topological polar surface area (TPSA) is 60.2 Å². The lowest BCUT2D eigenvalue weighted by Gasteiger charge is -2.00. The van der Waals surface area contributed by atoms with Crippen LogP contribution in [0.4, 0.5) is 5.69 Å². The van der Waals surface area contributed by atoms with E-state index in [1.807, 2.05) is 36.4 Å². The number of rotatable bonds is 4. The van der Waals surface area contributed by atoms with Crippen LogP contribution in [-0.4, -0.2) is 10.7 Å². The number of non-ortho nitro benzene ring substituents is 1. The molecule has 0 fully saturated rings. The molecule has 0 amide bonds. The molecule has 0 heterocycles. The van der Waals surface area contributed by atoms with Gasteiger partial charge in [-0.25, -0.2) is 0 Å². The van der Waals surface area contributed by atoms with Gasteiger partial charge in [0.05, 0.1) is 4.92 Å². The number of benzene rings is 3. The number of fused-ring (bicyclic) bond motifs is 1. The Kier molecular flexibility index (Phi) is 3.97. The Hall–Kier alpha value is -3.27. The van der Waals surface area contributed by atoms with E-state index in [1.165, 1.54) is 18.2 Å². The standard InChI is InChI=1S/C19H13NO3/c21-19(11-8-14-4-3-7-18(12-14)20(22)23)17-10-9-15-5-1-2-6-16(15)13-17/h1-13H/b11-8-. The second-order valence-corrected chi connectivity index (χ2v) is 5.11. The van der Waals surface area contributed by atoms with E-state index in [-0.39, 0.29) is 11.5 Å². The first-order valence-corrected chi connectivity index (χ1v) is 7.09. The van der Waals surface area contributed by atoms with Gasteiger partial charge in [-0.1, -0.05) is 54.6 Å². The molecular formula is C19H13NO3. The lowest BCUT2D eigenvalue weighted by Crippen LogP contribution is -1.94. The normalized spacial score (nSPS) is 11.0. The molecule has 112 valence electrons. The van der Waals surface area contributed by atoms with Crippen molar-refractivity contribution in [3.8, 4) is 0 Å². The minimum Gasteiger partial charge on any atom is -0.289 e. The van der Waals surface area contributed by atoms with E-state index in [1.54, 1.807) is 24.3 Å². The molecule has 0 saturated heterocycles. The summed E-state index contributed by atoms with van der Waals surface area (Å²) in [4.78, 5) is 22.6. The SMILES string of the molecule is O=C(/C=C\c1cccc([N+](=O)[O-])c1)c1ccc2ccccc2c1. The average Bonchev–Trinajstić information content (AvgIpc) is 2.59. The van der Waals surface area contributed by atoms with E-state index in [0.29, 0.717) is 11.1 Å². The van der Waals surface area contributed by atoms with E-state index in [9.17, 15) is 14.9 Å². The predicted octanol–water partition coefficient (Wildman–Crippen LogP) is 4.64. The van der Waals surface area contributed by atoms with Gasteiger partial charge in [-0.3, -0.25) is 14.9 Å². The summed E-state index contributed by atoms with van der Waals surface area (Å²) in [6.45, 7) is 0. The summed E-state index contributed by atoms with van der Waals surface area (Å²) in [5.41, 5.74) is 1.21. The molecule has 0 radical (unpaired) electrons. The molecule has 0 aliphatic heterocycles. The first-order chi connectivity index (χ1) is 11.1. The summed E-state index contributed by atoms with van der Waals surface area (Å²) in [5.74, 6) is -0.137. The summed E-state index contributed by atoms with van der Waals surface area (Å²) in [6, 6.07) is 19.5. The Morgan fingerprint density at radius 3 is 2.48 bits per heavy atom. The van der Waals surface area contributed by atoms with Crippen LogP contribution in [0, 0.1) is 10.1 Å². The third-order valence-corrected chi connectivity index (χ3v) is 3.54. The number of nitro groups is 1. The molecule has 3 rings (SSSR count). The molecule has 0 atom stereocenters. The minimum absolute atomic E-state index is 0.00491. The van der Waals surface area contributed by atoms with Gasteiger partial charge in [0.2, 0.25) is 0 Å². The molecule has 3 aromatic rings. The Morgan fingerprint density at radius 1 is 0.913 bits per heavy atom. The summed E-state index contributed by atoms with van der Waals surface area (Å²) in [6.07, 6.45) is 3.02. The van der Waals surface area contributed by atoms with Crippen LogP contribution in [0.5, 0.6) is 0 Å². The fourth-order valence-electron chi connectivity index (χ4n) is 2.35. The molecule has 3 aromatic carbocycles. The molecule has 0 bridgehead atoms. The number of carbonyl (C=O) groups excluding carboxylic acids is 1. The van der Waals surface area contributed by atoms with E-state index < -0.39 is 4.92 Å². The Balaban J connectivity index is 1.85. The van der Waals surface area contributed by atoms with Crippen LogP contribution in [0.2, 0.25) is 0 Å². The van der Waals surface area contributed by atoms with Crippen molar-refractivity contribution in [2.45, 2.75) is 0 Å². The van der Waals surface area contributed by atoms with Gasteiger partial charge in [-0.05, 0) is 28.5 Å².